The molecule has 15 heavy (non-hydrogen) atoms. The Kier molecular flexibility index (Phi) is 4.05. The number of nitrogens with two attached hydrogens (primary N) is 1. The van der Waals surface area contributed by atoms with Crippen LogP contribution in [0.4, 0.5) is 0 Å². The molecule has 0 aliphatic heterocycles. The number of hydrogen-bond donors (Lipinski definition) is 3. The number of likely N-dealkylation sites (N-methyl/N-ethyl adjacent to an activating group) is 1. The van der Waals surface area contributed by atoms with Crippen LogP contribution in [0.1, 0.15) is 11.6 Å². The molecule has 0 fully saturated rings. The van der Waals surface area contributed by atoms with Gasteiger partial charge in [0.15, 0.2) is 5.11 Å². The maximum Gasteiger partial charge on any atom is 0.246 e. The van der Waals surface area contributed by atoms with E-state index >= 15 is 0 Å². The molecule has 0 radical (unpaired) electrons. The number of nitrogens with one attached hydrogen (secondary N) is 2. The van der Waals surface area contributed by atoms with Crippen molar-refractivity contribution in [2.45, 2.75) is 6.04 Å². The predicted octanol–water partition coefficient (Wildman–Crippen LogP) is 0.307. The average Bonchev–Trinajstić information content (AvgIpc) is 2.26. The summed E-state index contributed by atoms with van der Waals surface area (Å²) in [6, 6.07) is 8.73. The molecule has 4 N–H and O–H groups in total. The van der Waals surface area contributed by atoms with Gasteiger partial charge in [-0.3, -0.25) is 4.79 Å². The van der Waals surface area contributed by atoms with Gasteiger partial charge in [0.1, 0.15) is 6.04 Å². The second-order valence-corrected chi connectivity index (χ2v) is 3.41. The van der Waals surface area contributed by atoms with Crippen LogP contribution in [0.2, 0.25) is 0 Å². The van der Waals surface area contributed by atoms with Crippen molar-refractivity contribution in [3.8, 4) is 0 Å². The van der Waals surface area contributed by atoms with Crippen LogP contribution in [-0.4, -0.2) is 18.1 Å². The predicted molar refractivity (Wildman–Crippen MR) is 63.2 cm³/mol. The molecule has 1 aromatic rings. The fourth-order valence-corrected chi connectivity index (χ4v) is 1.35. The highest BCUT2D eigenvalue weighted by Crippen LogP contribution is 2.11. The van der Waals surface area contributed by atoms with Gasteiger partial charge < -0.3 is 16.4 Å². The van der Waals surface area contributed by atoms with E-state index < -0.39 is 6.04 Å². The first kappa shape index (κ1) is 11.5. The zero-order valence-electron chi connectivity index (χ0n) is 8.36. The van der Waals surface area contributed by atoms with E-state index in [1.165, 1.54) is 0 Å². The first-order chi connectivity index (χ1) is 7.15. The van der Waals surface area contributed by atoms with Gasteiger partial charge in [-0.05, 0) is 17.8 Å². The molecule has 1 unspecified atom stereocenters. The van der Waals surface area contributed by atoms with Crippen molar-refractivity contribution in [1.29, 1.82) is 0 Å². The number of hydrogen-bond acceptors (Lipinski definition) is 2. The number of amides is 1. The standard InChI is InChI=1S/C10H13N3OS/c1-12-9(14)8(13-10(11)15)7-5-3-2-4-6-7/h2-6,8H,1H3,(H,12,14)(H3,11,13,15). The van der Waals surface area contributed by atoms with E-state index in [0.29, 0.717) is 0 Å². The third-order valence-electron chi connectivity index (χ3n) is 1.93. The molecule has 4 nitrogen and oxygen atoms in total. The van der Waals surface area contributed by atoms with Crippen LogP contribution in [0.3, 0.4) is 0 Å². The normalized spacial score (nSPS) is 11.5. The Labute approximate surface area is 93.9 Å². The Morgan fingerprint density at radius 2 is 2.00 bits per heavy atom. The Bertz CT molecular complexity index is 353. The van der Waals surface area contributed by atoms with Crippen LogP contribution in [0.15, 0.2) is 30.3 Å². The first-order valence-electron chi connectivity index (χ1n) is 4.47. The summed E-state index contributed by atoms with van der Waals surface area (Å²) in [4.78, 5) is 11.6. The van der Waals surface area contributed by atoms with E-state index in [1.807, 2.05) is 30.3 Å². The van der Waals surface area contributed by atoms with E-state index in [2.05, 4.69) is 10.6 Å². The molecule has 80 valence electrons. The van der Waals surface area contributed by atoms with Crippen LogP contribution in [0.25, 0.3) is 0 Å². The number of carbonyl (C=O) groups excluding carboxylic acids is 1. The molecule has 0 bridgehead atoms. The van der Waals surface area contributed by atoms with Crippen LogP contribution < -0.4 is 16.4 Å². The van der Waals surface area contributed by atoms with E-state index in [-0.39, 0.29) is 11.0 Å². The van der Waals surface area contributed by atoms with Crippen molar-refractivity contribution in [1.82, 2.24) is 10.6 Å². The number of carbonyl (C=O) groups is 1. The van der Waals surface area contributed by atoms with E-state index in [1.54, 1.807) is 7.05 Å². The molecule has 0 aromatic heterocycles. The quantitative estimate of drug-likeness (QED) is 0.645. The van der Waals surface area contributed by atoms with Crippen molar-refractivity contribution < 1.29 is 4.79 Å². The van der Waals surface area contributed by atoms with Gasteiger partial charge in [0.05, 0.1) is 0 Å². The summed E-state index contributed by atoms with van der Waals surface area (Å²) in [6.07, 6.45) is 0. The lowest BCUT2D eigenvalue weighted by atomic mass is 10.1. The van der Waals surface area contributed by atoms with Crippen LogP contribution in [-0.2, 0) is 4.79 Å². The summed E-state index contributed by atoms with van der Waals surface area (Å²) in [5.74, 6) is -0.172. The minimum Gasteiger partial charge on any atom is -0.376 e. The third kappa shape index (κ3) is 3.21. The summed E-state index contributed by atoms with van der Waals surface area (Å²) in [6.45, 7) is 0. The van der Waals surface area contributed by atoms with Crippen molar-refractivity contribution in [2.75, 3.05) is 7.05 Å². The summed E-state index contributed by atoms with van der Waals surface area (Å²) < 4.78 is 0. The minimum absolute atomic E-state index is 0.104. The summed E-state index contributed by atoms with van der Waals surface area (Å²) in [5.41, 5.74) is 6.19. The fraction of sp³-hybridized carbons (Fsp3) is 0.200. The highest BCUT2D eigenvalue weighted by molar-refractivity contribution is 7.80. The van der Waals surface area contributed by atoms with Gasteiger partial charge >= 0.3 is 0 Å². The highest BCUT2D eigenvalue weighted by Gasteiger charge is 2.18. The molecule has 5 heteroatoms. The van der Waals surface area contributed by atoms with Gasteiger partial charge in [-0.15, -0.1) is 0 Å². The Morgan fingerprint density at radius 1 is 1.40 bits per heavy atom. The van der Waals surface area contributed by atoms with Crippen LogP contribution in [0, 0.1) is 0 Å². The molecule has 0 aliphatic rings. The maximum atomic E-state index is 11.6. The molecule has 1 amide bonds. The molecule has 1 aromatic carbocycles. The maximum absolute atomic E-state index is 11.6. The zero-order valence-corrected chi connectivity index (χ0v) is 9.17. The molecule has 1 rings (SSSR count). The largest absolute Gasteiger partial charge is 0.376 e. The third-order valence-corrected chi connectivity index (χ3v) is 2.05. The Hall–Kier alpha value is -1.62. The second kappa shape index (κ2) is 5.31. The van der Waals surface area contributed by atoms with E-state index in [9.17, 15) is 4.79 Å². The van der Waals surface area contributed by atoms with Gasteiger partial charge in [0.25, 0.3) is 0 Å². The average molecular weight is 223 g/mol. The lowest BCUT2D eigenvalue weighted by Crippen LogP contribution is -2.41. The van der Waals surface area contributed by atoms with E-state index in [4.69, 9.17) is 18.0 Å². The SMILES string of the molecule is CNC(=O)C(NC(N)=S)c1ccccc1. The molecular weight excluding hydrogens is 210 g/mol. The number of thiocarbonyl (C=S) groups is 1. The van der Waals surface area contributed by atoms with Crippen LogP contribution >= 0.6 is 12.2 Å². The summed E-state index contributed by atoms with van der Waals surface area (Å²) in [7, 11) is 1.57. The van der Waals surface area contributed by atoms with Gasteiger partial charge in [-0.25, -0.2) is 0 Å². The van der Waals surface area contributed by atoms with Gasteiger partial charge in [-0.2, -0.15) is 0 Å². The van der Waals surface area contributed by atoms with Gasteiger partial charge in [-0.1, -0.05) is 30.3 Å². The minimum atomic E-state index is -0.534. The van der Waals surface area contributed by atoms with Gasteiger partial charge in [0.2, 0.25) is 5.91 Å². The zero-order chi connectivity index (χ0) is 11.3. The van der Waals surface area contributed by atoms with Crippen molar-refractivity contribution >= 4 is 23.2 Å². The fourth-order valence-electron chi connectivity index (χ4n) is 1.23. The topological polar surface area (TPSA) is 67.2 Å². The lowest BCUT2D eigenvalue weighted by Gasteiger charge is -2.17. The Morgan fingerprint density at radius 3 is 2.47 bits per heavy atom. The van der Waals surface area contributed by atoms with Crippen LogP contribution in [0.5, 0.6) is 0 Å². The molecule has 0 saturated carbocycles. The summed E-state index contributed by atoms with van der Waals surface area (Å²) in [5, 5.41) is 5.40. The highest BCUT2D eigenvalue weighted by atomic mass is 32.1. The van der Waals surface area contributed by atoms with Crippen molar-refractivity contribution in [2.24, 2.45) is 5.73 Å². The number of benzene rings is 1. The number of rotatable bonds is 3. The molecular formula is C10H13N3OS. The lowest BCUT2D eigenvalue weighted by molar-refractivity contribution is -0.122. The molecule has 1 atom stereocenters. The van der Waals surface area contributed by atoms with Crippen molar-refractivity contribution in [3.63, 3.8) is 0 Å². The molecule has 0 spiro atoms. The summed E-state index contributed by atoms with van der Waals surface area (Å²) >= 11 is 4.73. The first-order valence-corrected chi connectivity index (χ1v) is 4.88. The molecule has 0 saturated heterocycles. The molecule has 0 heterocycles. The monoisotopic (exact) mass is 223 g/mol. The van der Waals surface area contributed by atoms with E-state index in [0.717, 1.165) is 5.56 Å². The Balaban J connectivity index is 2.91. The van der Waals surface area contributed by atoms with Gasteiger partial charge in [0, 0.05) is 7.05 Å². The second-order valence-electron chi connectivity index (χ2n) is 2.97. The smallest absolute Gasteiger partial charge is 0.246 e. The molecule has 0 aliphatic carbocycles. The van der Waals surface area contributed by atoms with Crippen molar-refractivity contribution in [3.05, 3.63) is 35.9 Å².